The Hall–Kier alpha value is -1.36. The van der Waals surface area contributed by atoms with E-state index in [2.05, 4.69) is 20.0 Å². The van der Waals surface area contributed by atoms with E-state index in [1.165, 1.54) is 71.0 Å². The Morgan fingerprint density at radius 2 is 2.04 bits per heavy atom. The Morgan fingerprint density at radius 1 is 1.16 bits per heavy atom. The summed E-state index contributed by atoms with van der Waals surface area (Å²) >= 11 is 0. The molecule has 1 aromatic rings. The molecule has 3 aliphatic rings. The number of carbonyl (C=O) groups is 1. The van der Waals surface area contributed by atoms with Gasteiger partial charge in [0.1, 0.15) is 0 Å². The number of hydrogen-bond donors (Lipinski definition) is 1. The highest BCUT2D eigenvalue weighted by atomic mass is 16.2. The normalized spacial score (nSPS) is 28.7. The van der Waals surface area contributed by atoms with Crippen LogP contribution in [0.1, 0.15) is 68.1 Å². The number of hydrogen-bond acceptors (Lipinski definition) is 3. The number of aromatic nitrogens is 2. The fourth-order valence-corrected chi connectivity index (χ4v) is 5.33. The number of likely N-dealkylation sites (tertiary alicyclic amines) is 2. The van der Waals surface area contributed by atoms with E-state index in [9.17, 15) is 4.79 Å². The second-order valence-electron chi connectivity index (χ2n) is 8.64. The van der Waals surface area contributed by atoms with Crippen LogP contribution < -0.4 is 0 Å². The van der Waals surface area contributed by atoms with Gasteiger partial charge in [0.2, 0.25) is 0 Å². The van der Waals surface area contributed by atoms with Gasteiger partial charge >= 0.3 is 0 Å². The van der Waals surface area contributed by atoms with Gasteiger partial charge in [-0.3, -0.25) is 9.89 Å². The zero-order chi connectivity index (χ0) is 17.1. The molecule has 138 valence electrons. The van der Waals surface area contributed by atoms with Gasteiger partial charge in [0.25, 0.3) is 5.91 Å². The molecule has 1 spiro atoms. The molecule has 1 saturated carbocycles. The molecule has 5 heteroatoms. The summed E-state index contributed by atoms with van der Waals surface area (Å²) < 4.78 is 0. The van der Waals surface area contributed by atoms with Crippen molar-refractivity contribution in [2.24, 2.45) is 11.3 Å². The third-order valence-electron chi connectivity index (χ3n) is 6.79. The molecule has 1 amide bonds. The molecule has 0 aromatic carbocycles. The maximum absolute atomic E-state index is 12.6. The Kier molecular flexibility index (Phi) is 5.11. The Bertz CT molecular complexity index is 566. The quantitative estimate of drug-likeness (QED) is 0.912. The number of piperidine rings is 1. The molecule has 3 fully saturated rings. The smallest absolute Gasteiger partial charge is 0.257 e. The molecule has 1 aliphatic carbocycles. The van der Waals surface area contributed by atoms with Crippen LogP contribution in [0.25, 0.3) is 0 Å². The molecular formula is C20H32N4O. The fraction of sp³-hybridized carbons (Fsp3) is 0.800. The van der Waals surface area contributed by atoms with Crippen LogP contribution in [0.4, 0.5) is 0 Å². The summed E-state index contributed by atoms with van der Waals surface area (Å²) in [7, 11) is 0. The standard InChI is InChI=1S/C20H32N4O/c25-19(18-13-21-22-14-18)24-12-9-20(16-24)8-4-10-23(15-20)11-7-17-5-2-1-3-6-17/h13-14,17H,1-12,15-16H2,(H,21,22). The molecule has 0 bridgehead atoms. The van der Waals surface area contributed by atoms with E-state index in [0.717, 1.165) is 25.4 Å². The fourth-order valence-electron chi connectivity index (χ4n) is 5.33. The summed E-state index contributed by atoms with van der Waals surface area (Å²) in [5, 5.41) is 6.67. The molecule has 4 rings (SSSR count). The number of carbonyl (C=O) groups excluding carboxylic acids is 1. The maximum Gasteiger partial charge on any atom is 0.257 e. The van der Waals surface area contributed by atoms with Crippen molar-refractivity contribution in [1.29, 1.82) is 0 Å². The molecule has 25 heavy (non-hydrogen) atoms. The molecule has 1 N–H and O–H groups in total. The largest absolute Gasteiger partial charge is 0.338 e. The minimum absolute atomic E-state index is 0.143. The first kappa shape index (κ1) is 17.1. The minimum atomic E-state index is 0.143. The van der Waals surface area contributed by atoms with Crippen molar-refractivity contribution < 1.29 is 4.79 Å². The van der Waals surface area contributed by atoms with Crippen LogP contribution in [-0.2, 0) is 0 Å². The van der Waals surface area contributed by atoms with Crippen molar-refractivity contribution in [2.75, 3.05) is 32.7 Å². The summed E-state index contributed by atoms with van der Waals surface area (Å²) in [4.78, 5) is 17.3. The number of nitrogens with one attached hydrogen (secondary N) is 1. The van der Waals surface area contributed by atoms with Crippen LogP contribution in [0, 0.1) is 11.3 Å². The third kappa shape index (κ3) is 3.91. The number of nitrogens with zero attached hydrogens (tertiary/aromatic N) is 3. The lowest BCUT2D eigenvalue weighted by atomic mass is 9.79. The van der Waals surface area contributed by atoms with Gasteiger partial charge in [-0.1, -0.05) is 32.1 Å². The minimum Gasteiger partial charge on any atom is -0.338 e. The molecule has 1 atom stereocenters. The van der Waals surface area contributed by atoms with E-state index >= 15 is 0 Å². The second-order valence-corrected chi connectivity index (χ2v) is 8.64. The summed E-state index contributed by atoms with van der Waals surface area (Å²) in [5.41, 5.74) is 1.03. The maximum atomic E-state index is 12.6. The molecule has 2 saturated heterocycles. The predicted molar refractivity (Wildman–Crippen MR) is 98.4 cm³/mol. The number of H-pyrrole nitrogens is 1. The van der Waals surface area contributed by atoms with Gasteiger partial charge in [0.05, 0.1) is 11.8 Å². The molecule has 3 heterocycles. The van der Waals surface area contributed by atoms with E-state index in [1.807, 2.05) is 0 Å². The van der Waals surface area contributed by atoms with Crippen molar-refractivity contribution in [2.45, 2.75) is 57.8 Å². The van der Waals surface area contributed by atoms with E-state index in [1.54, 1.807) is 12.4 Å². The molecular weight excluding hydrogens is 312 g/mol. The van der Waals surface area contributed by atoms with Crippen LogP contribution in [0.2, 0.25) is 0 Å². The van der Waals surface area contributed by atoms with Crippen molar-refractivity contribution in [3.63, 3.8) is 0 Å². The van der Waals surface area contributed by atoms with Gasteiger partial charge in [0.15, 0.2) is 0 Å². The molecule has 1 unspecified atom stereocenters. The topological polar surface area (TPSA) is 52.2 Å². The van der Waals surface area contributed by atoms with Crippen LogP contribution >= 0.6 is 0 Å². The van der Waals surface area contributed by atoms with E-state index in [-0.39, 0.29) is 5.91 Å². The van der Waals surface area contributed by atoms with E-state index < -0.39 is 0 Å². The van der Waals surface area contributed by atoms with Gasteiger partial charge in [0, 0.05) is 31.2 Å². The summed E-state index contributed by atoms with van der Waals surface area (Å²) in [6.45, 7) is 5.54. The molecule has 1 aromatic heterocycles. The zero-order valence-corrected chi connectivity index (χ0v) is 15.4. The van der Waals surface area contributed by atoms with E-state index in [0.29, 0.717) is 11.0 Å². The van der Waals surface area contributed by atoms with Crippen LogP contribution in [-0.4, -0.2) is 58.6 Å². The average Bonchev–Trinajstić information content (AvgIpc) is 3.31. The third-order valence-corrected chi connectivity index (χ3v) is 6.79. The lowest BCUT2D eigenvalue weighted by Crippen LogP contribution is -2.45. The van der Waals surface area contributed by atoms with Crippen molar-refractivity contribution in [3.05, 3.63) is 18.0 Å². The molecule has 2 aliphatic heterocycles. The summed E-state index contributed by atoms with van der Waals surface area (Å²) in [6.07, 6.45) is 15.7. The number of amides is 1. The lowest BCUT2D eigenvalue weighted by Gasteiger charge is -2.41. The predicted octanol–water partition coefficient (Wildman–Crippen LogP) is 3.31. The van der Waals surface area contributed by atoms with Crippen LogP contribution in [0.5, 0.6) is 0 Å². The van der Waals surface area contributed by atoms with Gasteiger partial charge in [-0.25, -0.2) is 0 Å². The van der Waals surface area contributed by atoms with Gasteiger partial charge in [-0.05, 0) is 44.7 Å². The Balaban J connectivity index is 1.30. The Morgan fingerprint density at radius 3 is 2.84 bits per heavy atom. The summed E-state index contributed by atoms with van der Waals surface area (Å²) in [5.74, 6) is 1.11. The number of rotatable bonds is 4. The van der Waals surface area contributed by atoms with Gasteiger partial charge < -0.3 is 9.80 Å². The van der Waals surface area contributed by atoms with E-state index in [4.69, 9.17) is 0 Å². The number of aromatic amines is 1. The highest BCUT2D eigenvalue weighted by Crippen LogP contribution is 2.39. The van der Waals surface area contributed by atoms with Gasteiger partial charge in [-0.2, -0.15) is 5.10 Å². The first-order valence-corrected chi connectivity index (χ1v) is 10.2. The SMILES string of the molecule is O=C(c1cn[nH]c1)N1CCC2(CCCN(CCC3CCCCC3)C2)C1. The highest BCUT2D eigenvalue weighted by Gasteiger charge is 2.42. The van der Waals surface area contributed by atoms with Crippen molar-refractivity contribution >= 4 is 5.91 Å². The summed E-state index contributed by atoms with van der Waals surface area (Å²) in [6, 6.07) is 0. The second kappa shape index (κ2) is 7.48. The lowest BCUT2D eigenvalue weighted by molar-refractivity contribution is 0.0674. The van der Waals surface area contributed by atoms with Crippen LogP contribution in [0.15, 0.2) is 12.4 Å². The van der Waals surface area contributed by atoms with Crippen molar-refractivity contribution in [3.8, 4) is 0 Å². The zero-order valence-electron chi connectivity index (χ0n) is 15.4. The van der Waals surface area contributed by atoms with Crippen molar-refractivity contribution in [1.82, 2.24) is 20.0 Å². The molecule has 0 radical (unpaired) electrons. The monoisotopic (exact) mass is 344 g/mol. The average molecular weight is 345 g/mol. The van der Waals surface area contributed by atoms with Gasteiger partial charge in [-0.15, -0.1) is 0 Å². The first-order chi connectivity index (χ1) is 12.2. The van der Waals surface area contributed by atoms with Crippen LogP contribution in [0.3, 0.4) is 0 Å². The highest BCUT2D eigenvalue weighted by molar-refractivity contribution is 5.93. The molecule has 5 nitrogen and oxygen atoms in total. The first-order valence-electron chi connectivity index (χ1n) is 10.2. The Labute approximate surface area is 151 Å².